The molecule has 110 valence electrons. The van der Waals surface area contributed by atoms with Gasteiger partial charge in [-0.1, -0.05) is 0 Å². The summed E-state index contributed by atoms with van der Waals surface area (Å²) in [4.78, 5) is 14.6. The number of anilines is 3. The zero-order valence-electron chi connectivity index (χ0n) is 11.6. The van der Waals surface area contributed by atoms with Crippen LogP contribution in [-0.4, -0.2) is 28.0 Å². The third kappa shape index (κ3) is 3.39. The van der Waals surface area contributed by atoms with Crippen molar-refractivity contribution in [1.82, 2.24) is 15.0 Å². The normalized spacial score (nSPS) is 14.5. The SMILES string of the molecule is Cc1cc(F)cc(Nc2nc(Cl)nc(N3CCCC3)n2)c1. The summed E-state index contributed by atoms with van der Waals surface area (Å²) in [5, 5.41) is 3.10. The number of benzene rings is 1. The van der Waals surface area contributed by atoms with Gasteiger partial charge in [-0.25, -0.2) is 4.39 Å². The quantitative estimate of drug-likeness (QED) is 0.942. The van der Waals surface area contributed by atoms with E-state index in [1.54, 1.807) is 0 Å². The minimum absolute atomic E-state index is 0.127. The van der Waals surface area contributed by atoms with Gasteiger partial charge in [0.2, 0.25) is 17.2 Å². The molecule has 0 atom stereocenters. The van der Waals surface area contributed by atoms with E-state index in [0.29, 0.717) is 17.6 Å². The van der Waals surface area contributed by atoms with Gasteiger partial charge in [-0.05, 0) is 55.1 Å². The third-order valence-electron chi connectivity index (χ3n) is 3.28. The average Bonchev–Trinajstić information content (AvgIpc) is 2.90. The van der Waals surface area contributed by atoms with Crippen LogP contribution in [0.5, 0.6) is 0 Å². The Morgan fingerprint density at radius 3 is 2.62 bits per heavy atom. The number of nitrogens with one attached hydrogen (secondary N) is 1. The summed E-state index contributed by atoms with van der Waals surface area (Å²) in [6, 6.07) is 4.66. The molecule has 0 amide bonds. The number of halogens is 2. The van der Waals surface area contributed by atoms with E-state index in [2.05, 4.69) is 25.2 Å². The second-order valence-electron chi connectivity index (χ2n) is 5.06. The maximum atomic E-state index is 13.4. The van der Waals surface area contributed by atoms with E-state index >= 15 is 0 Å². The Labute approximate surface area is 127 Å². The molecule has 1 aliphatic rings. The summed E-state index contributed by atoms with van der Waals surface area (Å²) in [5.74, 6) is 0.572. The average molecular weight is 308 g/mol. The van der Waals surface area contributed by atoms with E-state index in [-0.39, 0.29) is 11.1 Å². The fourth-order valence-electron chi connectivity index (χ4n) is 2.39. The summed E-state index contributed by atoms with van der Waals surface area (Å²) in [6.07, 6.45) is 2.24. The number of hydrogen-bond acceptors (Lipinski definition) is 5. The van der Waals surface area contributed by atoms with Crippen LogP contribution >= 0.6 is 11.6 Å². The van der Waals surface area contributed by atoms with Gasteiger partial charge in [-0.3, -0.25) is 0 Å². The van der Waals surface area contributed by atoms with E-state index in [0.717, 1.165) is 31.5 Å². The van der Waals surface area contributed by atoms with Crippen molar-refractivity contribution in [2.24, 2.45) is 0 Å². The van der Waals surface area contributed by atoms with Crippen LogP contribution in [0.2, 0.25) is 5.28 Å². The molecule has 0 saturated carbocycles. The van der Waals surface area contributed by atoms with E-state index in [9.17, 15) is 4.39 Å². The fraction of sp³-hybridized carbons (Fsp3) is 0.357. The highest BCUT2D eigenvalue weighted by molar-refractivity contribution is 6.28. The summed E-state index contributed by atoms with van der Waals surface area (Å²) in [5.41, 5.74) is 1.40. The molecule has 1 aromatic heterocycles. The Bertz CT molecular complexity index is 638. The number of nitrogens with zero attached hydrogens (tertiary/aromatic N) is 4. The summed E-state index contributed by atoms with van der Waals surface area (Å²) in [7, 11) is 0. The van der Waals surface area contributed by atoms with E-state index in [4.69, 9.17) is 11.6 Å². The minimum Gasteiger partial charge on any atom is -0.341 e. The van der Waals surface area contributed by atoms with Crippen LogP contribution in [0.1, 0.15) is 18.4 Å². The van der Waals surface area contributed by atoms with Gasteiger partial charge >= 0.3 is 0 Å². The first-order chi connectivity index (χ1) is 10.1. The van der Waals surface area contributed by atoms with Gasteiger partial charge in [-0.2, -0.15) is 15.0 Å². The molecular weight excluding hydrogens is 293 g/mol. The van der Waals surface area contributed by atoms with Crippen molar-refractivity contribution in [3.8, 4) is 0 Å². The number of hydrogen-bond donors (Lipinski definition) is 1. The van der Waals surface area contributed by atoms with Gasteiger partial charge in [-0.15, -0.1) is 0 Å². The summed E-state index contributed by atoms with van der Waals surface area (Å²) >= 11 is 5.95. The summed E-state index contributed by atoms with van der Waals surface area (Å²) < 4.78 is 13.4. The molecule has 0 unspecified atom stereocenters. The van der Waals surface area contributed by atoms with Crippen molar-refractivity contribution in [2.75, 3.05) is 23.3 Å². The Morgan fingerprint density at radius 1 is 1.14 bits per heavy atom. The predicted molar refractivity (Wildman–Crippen MR) is 80.7 cm³/mol. The number of rotatable bonds is 3. The molecule has 7 heteroatoms. The van der Waals surface area contributed by atoms with Crippen LogP contribution in [0.15, 0.2) is 18.2 Å². The van der Waals surface area contributed by atoms with Gasteiger partial charge in [0.05, 0.1) is 0 Å². The molecule has 0 radical (unpaired) electrons. The van der Waals surface area contributed by atoms with Crippen molar-refractivity contribution in [3.05, 3.63) is 34.9 Å². The lowest BCUT2D eigenvalue weighted by molar-refractivity contribution is 0.627. The van der Waals surface area contributed by atoms with Gasteiger partial charge in [0.25, 0.3) is 0 Å². The molecule has 1 aromatic carbocycles. The highest BCUT2D eigenvalue weighted by Gasteiger charge is 2.17. The van der Waals surface area contributed by atoms with Crippen LogP contribution < -0.4 is 10.2 Å². The molecule has 2 aromatic rings. The first-order valence-corrected chi connectivity index (χ1v) is 7.19. The molecule has 0 spiro atoms. The predicted octanol–water partition coefficient (Wildman–Crippen LogP) is 3.32. The maximum absolute atomic E-state index is 13.4. The van der Waals surface area contributed by atoms with E-state index in [1.807, 2.05) is 13.0 Å². The largest absolute Gasteiger partial charge is 0.341 e. The standard InChI is InChI=1S/C14H15ClFN5/c1-9-6-10(16)8-11(7-9)17-13-18-12(15)19-14(20-13)21-4-2-3-5-21/h6-8H,2-5H2,1H3,(H,17,18,19,20). The molecule has 1 fully saturated rings. The first kappa shape index (κ1) is 14.0. The molecule has 1 saturated heterocycles. The fourth-order valence-corrected chi connectivity index (χ4v) is 2.55. The van der Waals surface area contributed by atoms with Gasteiger partial charge < -0.3 is 10.2 Å². The molecule has 0 aliphatic carbocycles. The Balaban J connectivity index is 1.87. The second kappa shape index (κ2) is 5.81. The van der Waals surface area contributed by atoms with Crippen molar-refractivity contribution in [3.63, 3.8) is 0 Å². The zero-order chi connectivity index (χ0) is 14.8. The molecule has 2 heterocycles. The lowest BCUT2D eigenvalue weighted by Gasteiger charge is -2.15. The van der Waals surface area contributed by atoms with Crippen molar-refractivity contribution < 1.29 is 4.39 Å². The van der Waals surface area contributed by atoms with Crippen LogP contribution in [-0.2, 0) is 0 Å². The van der Waals surface area contributed by atoms with Crippen LogP contribution in [0.4, 0.5) is 22.0 Å². The second-order valence-corrected chi connectivity index (χ2v) is 5.40. The molecule has 1 N–H and O–H groups in total. The highest BCUT2D eigenvalue weighted by atomic mass is 35.5. The van der Waals surface area contributed by atoms with Crippen LogP contribution in [0, 0.1) is 12.7 Å². The third-order valence-corrected chi connectivity index (χ3v) is 3.45. The minimum atomic E-state index is -0.308. The van der Waals surface area contributed by atoms with Gasteiger partial charge in [0, 0.05) is 18.8 Å². The summed E-state index contributed by atoms with van der Waals surface area (Å²) in [6.45, 7) is 3.65. The van der Waals surface area contributed by atoms with Gasteiger partial charge in [0.1, 0.15) is 5.82 Å². The monoisotopic (exact) mass is 307 g/mol. The first-order valence-electron chi connectivity index (χ1n) is 6.81. The molecule has 3 rings (SSSR count). The van der Waals surface area contributed by atoms with Crippen molar-refractivity contribution >= 4 is 29.2 Å². The molecule has 5 nitrogen and oxygen atoms in total. The van der Waals surface area contributed by atoms with Crippen molar-refractivity contribution in [1.29, 1.82) is 0 Å². The Kier molecular flexibility index (Phi) is 3.88. The number of aromatic nitrogens is 3. The van der Waals surface area contributed by atoms with Gasteiger partial charge in [0.15, 0.2) is 0 Å². The Morgan fingerprint density at radius 2 is 1.90 bits per heavy atom. The molecule has 0 bridgehead atoms. The maximum Gasteiger partial charge on any atom is 0.233 e. The van der Waals surface area contributed by atoms with E-state index < -0.39 is 0 Å². The molecule has 21 heavy (non-hydrogen) atoms. The smallest absolute Gasteiger partial charge is 0.233 e. The topological polar surface area (TPSA) is 53.9 Å². The molecular formula is C14H15ClFN5. The highest BCUT2D eigenvalue weighted by Crippen LogP contribution is 2.21. The van der Waals surface area contributed by atoms with Crippen LogP contribution in [0.25, 0.3) is 0 Å². The number of aryl methyl sites for hydroxylation is 1. The molecule has 1 aliphatic heterocycles. The zero-order valence-corrected chi connectivity index (χ0v) is 12.4. The van der Waals surface area contributed by atoms with E-state index in [1.165, 1.54) is 12.1 Å². The Hall–Kier alpha value is -1.95. The van der Waals surface area contributed by atoms with Crippen molar-refractivity contribution in [2.45, 2.75) is 19.8 Å². The lowest BCUT2D eigenvalue weighted by Crippen LogP contribution is -2.21. The lowest BCUT2D eigenvalue weighted by atomic mass is 10.2. The van der Waals surface area contributed by atoms with Crippen LogP contribution in [0.3, 0.4) is 0 Å².